The molecule has 5 nitrogen and oxygen atoms in total. The minimum Gasteiger partial charge on any atom is -0.310 e. The zero-order valence-corrected chi connectivity index (χ0v) is 11.5. The average Bonchev–Trinajstić information content (AvgIpc) is 2.46. The van der Waals surface area contributed by atoms with Gasteiger partial charge in [-0.1, -0.05) is 30.3 Å². The van der Waals surface area contributed by atoms with Crippen molar-refractivity contribution in [3.05, 3.63) is 60.2 Å². The number of rotatable bonds is 3. The molecule has 0 spiro atoms. The van der Waals surface area contributed by atoms with Gasteiger partial charge in [0, 0.05) is 12.6 Å². The molecule has 0 aliphatic rings. The minimum atomic E-state index is -4.40. The molecule has 1 amide bonds. The Labute approximate surface area is 117 Å². The van der Waals surface area contributed by atoms with Crippen molar-refractivity contribution >= 4 is 21.7 Å². The zero-order chi connectivity index (χ0) is 14.8. The van der Waals surface area contributed by atoms with E-state index >= 15 is 0 Å². The SMILES string of the molecule is CN(C(=O)c1[c]cccc1)c1ccccc1S(=O)(=O)O. The highest BCUT2D eigenvalue weighted by Crippen LogP contribution is 2.24. The topological polar surface area (TPSA) is 74.7 Å². The number of benzene rings is 2. The number of nitrogens with zero attached hydrogens (tertiary/aromatic N) is 1. The van der Waals surface area contributed by atoms with E-state index in [2.05, 4.69) is 6.07 Å². The average molecular weight is 290 g/mol. The Balaban J connectivity index is 2.45. The van der Waals surface area contributed by atoms with Gasteiger partial charge in [0.05, 0.1) is 5.69 Å². The summed E-state index contributed by atoms with van der Waals surface area (Å²) in [4.78, 5) is 13.1. The monoisotopic (exact) mass is 290 g/mol. The molecular formula is C14H12NO4S. The highest BCUT2D eigenvalue weighted by molar-refractivity contribution is 7.86. The van der Waals surface area contributed by atoms with E-state index < -0.39 is 16.0 Å². The van der Waals surface area contributed by atoms with Gasteiger partial charge in [0.1, 0.15) is 4.90 Å². The smallest absolute Gasteiger partial charge is 0.296 e. The van der Waals surface area contributed by atoms with Crippen molar-refractivity contribution in [3.63, 3.8) is 0 Å². The number of amides is 1. The summed E-state index contributed by atoms with van der Waals surface area (Å²) < 4.78 is 31.9. The van der Waals surface area contributed by atoms with E-state index in [4.69, 9.17) is 0 Å². The normalized spacial score (nSPS) is 11.1. The van der Waals surface area contributed by atoms with Gasteiger partial charge in [-0.15, -0.1) is 0 Å². The van der Waals surface area contributed by atoms with Gasteiger partial charge in [-0.25, -0.2) is 0 Å². The lowest BCUT2D eigenvalue weighted by molar-refractivity contribution is 0.0992. The number of hydrogen-bond donors (Lipinski definition) is 1. The lowest BCUT2D eigenvalue weighted by Crippen LogP contribution is -2.27. The van der Waals surface area contributed by atoms with Crippen LogP contribution in [0.2, 0.25) is 0 Å². The molecule has 103 valence electrons. The molecule has 0 atom stereocenters. The molecule has 20 heavy (non-hydrogen) atoms. The molecule has 0 aliphatic carbocycles. The first-order valence-electron chi connectivity index (χ1n) is 5.72. The van der Waals surface area contributed by atoms with E-state index in [0.717, 1.165) is 4.90 Å². The van der Waals surface area contributed by atoms with Crippen molar-refractivity contribution in [2.75, 3.05) is 11.9 Å². The Morgan fingerprint density at radius 3 is 2.40 bits per heavy atom. The summed E-state index contributed by atoms with van der Waals surface area (Å²) in [7, 11) is -2.96. The zero-order valence-electron chi connectivity index (χ0n) is 10.6. The summed E-state index contributed by atoms with van der Waals surface area (Å²) in [6.07, 6.45) is 0. The lowest BCUT2D eigenvalue weighted by atomic mass is 10.2. The molecule has 0 saturated carbocycles. The van der Waals surface area contributed by atoms with Crippen LogP contribution in [0.3, 0.4) is 0 Å². The summed E-state index contributed by atoms with van der Waals surface area (Å²) in [5, 5.41) is 0. The summed E-state index contributed by atoms with van der Waals surface area (Å²) in [6.45, 7) is 0. The molecule has 0 bridgehead atoms. The van der Waals surface area contributed by atoms with Crippen molar-refractivity contribution in [2.45, 2.75) is 4.90 Å². The Morgan fingerprint density at radius 2 is 1.80 bits per heavy atom. The molecule has 0 fully saturated rings. The van der Waals surface area contributed by atoms with Gasteiger partial charge in [-0.3, -0.25) is 9.35 Å². The molecule has 1 radical (unpaired) electrons. The first kappa shape index (κ1) is 14.2. The van der Waals surface area contributed by atoms with Crippen molar-refractivity contribution < 1.29 is 17.8 Å². The van der Waals surface area contributed by atoms with Crippen LogP contribution in [0.4, 0.5) is 5.69 Å². The molecule has 1 N–H and O–H groups in total. The Hall–Kier alpha value is -2.18. The molecule has 2 aromatic rings. The van der Waals surface area contributed by atoms with E-state index in [-0.39, 0.29) is 10.6 Å². The first-order chi connectivity index (χ1) is 9.41. The van der Waals surface area contributed by atoms with E-state index in [1.165, 1.54) is 25.2 Å². The predicted octanol–water partition coefficient (Wildman–Crippen LogP) is 2.01. The molecule has 0 unspecified atom stereocenters. The molecule has 0 aromatic heterocycles. The number of hydrogen-bond acceptors (Lipinski definition) is 3. The van der Waals surface area contributed by atoms with Crippen molar-refractivity contribution in [1.82, 2.24) is 0 Å². The van der Waals surface area contributed by atoms with Crippen LogP contribution in [0.15, 0.2) is 53.4 Å². The Morgan fingerprint density at radius 1 is 1.15 bits per heavy atom. The van der Waals surface area contributed by atoms with Gasteiger partial charge in [-0.05, 0) is 24.3 Å². The maximum Gasteiger partial charge on any atom is 0.296 e. The second-order valence-corrected chi connectivity index (χ2v) is 5.47. The number of carbonyl (C=O) groups is 1. The fourth-order valence-corrected chi connectivity index (χ4v) is 2.49. The van der Waals surface area contributed by atoms with E-state index in [0.29, 0.717) is 5.56 Å². The molecule has 0 heterocycles. The van der Waals surface area contributed by atoms with Crippen molar-refractivity contribution in [1.29, 1.82) is 0 Å². The summed E-state index contributed by atoms with van der Waals surface area (Å²) in [5.74, 6) is -0.415. The predicted molar refractivity (Wildman–Crippen MR) is 74.3 cm³/mol. The van der Waals surface area contributed by atoms with Gasteiger partial charge in [0.25, 0.3) is 16.0 Å². The number of anilines is 1. The molecule has 2 rings (SSSR count). The van der Waals surface area contributed by atoms with Gasteiger partial charge >= 0.3 is 0 Å². The van der Waals surface area contributed by atoms with Crippen LogP contribution in [-0.2, 0) is 10.1 Å². The third kappa shape index (κ3) is 2.87. The second-order valence-electron chi connectivity index (χ2n) is 4.08. The van der Waals surface area contributed by atoms with E-state index in [1.807, 2.05) is 0 Å². The summed E-state index contributed by atoms with van der Waals surface area (Å²) in [6, 6.07) is 15.1. The van der Waals surface area contributed by atoms with Crippen LogP contribution < -0.4 is 4.90 Å². The molecule has 6 heteroatoms. The van der Waals surface area contributed by atoms with Crippen LogP contribution >= 0.6 is 0 Å². The maximum atomic E-state index is 12.2. The van der Waals surface area contributed by atoms with E-state index in [1.54, 1.807) is 30.3 Å². The van der Waals surface area contributed by atoms with Crippen LogP contribution in [0, 0.1) is 6.07 Å². The minimum absolute atomic E-state index is 0.109. The standard InChI is InChI=1S/C14H12NO4S/c1-15(14(16)11-7-3-2-4-8-11)12-9-5-6-10-13(12)20(17,18)19/h2-7,9-10H,1H3,(H,17,18,19). The second kappa shape index (κ2) is 5.44. The van der Waals surface area contributed by atoms with Gasteiger partial charge in [0.15, 0.2) is 0 Å². The molecule has 2 aromatic carbocycles. The van der Waals surface area contributed by atoms with E-state index in [9.17, 15) is 17.8 Å². The quantitative estimate of drug-likeness (QED) is 0.877. The van der Waals surface area contributed by atoms with Crippen LogP contribution in [0.25, 0.3) is 0 Å². The Bertz CT molecular complexity index is 726. The summed E-state index contributed by atoms with van der Waals surface area (Å²) >= 11 is 0. The lowest BCUT2D eigenvalue weighted by Gasteiger charge is -2.19. The van der Waals surface area contributed by atoms with Crippen LogP contribution in [0.1, 0.15) is 10.4 Å². The molecule has 0 saturated heterocycles. The third-order valence-corrected chi connectivity index (χ3v) is 3.65. The fraction of sp³-hybridized carbons (Fsp3) is 0.0714. The number of carbonyl (C=O) groups excluding carboxylic acids is 1. The highest BCUT2D eigenvalue weighted by Gasteiger charge is 2.21. The molecular weight excluding hydrogens is 278 g/mol. The van der Waals surface area contributed by atoms with Crippen LogP contribution in [0.5, 0.6) is 0 Å². The largest absolute Gasteiger partial charge is 0.310 e. The van der Waals surface area contributed by atoms with Gasteiger partial charge in [0.2, 0.25) is 0 Å². The van der Waals surface area contributed by atoms with Gasteiger partial charge < -0.3 is 4.90 Å². The summed E-state index contributed by atoms with van der Waals surface area (Å²) in [5.41, 5.74) is 0.414. The highest BCUT2D eigenvalue weighted by atomic mass is 32.2. The number of para-hydroxylation sites is 1. The van der Waals surface area contributed by atoms with Crippen LogP contribution in [-0.4, -0.2) is 25.9 Å². The molecule has 0 aliphatic heterocycles. The Kier molecular flexibility index (Phi) is 3.87. The van der Waals surface area contributed by atoms with Gasteiger partial charge in [-0.2, -0.15) is 8.42 Å². The third-order valence-electron chi connectivity index (χ3n) is 2.75. The first-order valence-corrected chi connectivity index (χ1v) is 7.16. The maximum absolute atomic E-state index is 12.2. The fourth-order valence-electron chi connectivity index (χ4n) is 1.77. The van der Waals surface area contributed by atoms with Crippen molar-refractivity contribution in [3.8, 4) is 0 Å². The van der Waals surface area contributed by atoms with Crippen molar-refractivity contribution in [2.24, 2.45) is 0 Å².